The molecule has 0 heterocycles. The van der Waals surface area contributed by atoms with Crippen molar-refractivity contribution in [1.29, 1.82) is 0 Å². The average Bonchev–Trinajstić information content (AvgIpc) is 2.03. The lowest BCUT2D eigenvalue weighted by molar-refractivity contribution is 0.114. The Balaban J connectivity index is 3.01. The maximum absolute atomic E-state index is 12.9. The first-order valence-corrected chi connectivity index (χ1v) is 3.54. The number of hydrogen-bond donors (Lipinski definition) is 2. The van der Waals surface area contributed by atoms with Gasteiger partial charge in [0.25, 0.3) is 6.43 Å². The number of halogens is 3. The van der Waals surface area contributed by atoms with Gasteiger partial charge in [0.1, 0.15) is 11.6 Å². The summed E-state index contributed by atoms with van der Waals surface area (Å²) in [5, 5.41) is 8.79. The fraction of sp³-hybridized carbons (Fsp3) is 0.250. The molecule has 0 saturated heterocycles. The van der Waals surface area contributed by atoms with Gasteiger partial charge in [0, 0.05) is 11.6 Å². The quantitative estimate of drug-likeness (QED) is 0.748. The van der Waals surface area contributed by atoms with Crippen LogP contribution in [0.2, 0.25) is 0 Å². The lowest BCUT2D eigenvalue weighted by Crippen LogP contribution is -2.20. The monoisotopic (exact) mass is 191 g/mol. The Morgan fingerprint density at radius 2 is 1.92 bits per heavy atom. The van der Waals surface area contributed by atoms with E-state index >= 15 is 0 Å². The molecule has 0 bridgehead atoms. The molecule has 13 heavy (non-hydrogen) atoms. The van der Waals surface area contributed by atoms with E-state index < -0.39 is 18.3 Å². The fourth-order valence-corrected chi connectivity index (χ4v) is 0.922. The molecule has 0 fully saturated rings. The van der Waals surface area contributed by atoms with Crippen molar-refractivity contribution in [3.63, 3.8) is 0 Å². The van der Waals surface area contributed by atoms with E-state index in [-0.39, 0.29) is 11.3 Å². The molecule has 0 amide bonds. The highest BCUT2D eigenvalue weighted by atomic mass is 19.3. The van der Waals surface area contributed by atoms with Crippen LogP contribution in [0.4, 0.5) is 13.2 Å². The molecule has 0 aliphatic heterocycles. The van der Waals surface area contributed by atoms with E-state index in [1.165, 1.54) is 0 Å². The van der Waals surface area contributed by atoms with Crippen molar-refractivity contribution in [3.05, 3.63) is 29.6 Å². The molecule has 1 aromatic rings. The molecular weight excluding hydrogens is 183 g/mol. The standard InChI is InChI=1S/C8H8F3NO/c9-6-3-4(13)1-2-5(6)7(12)8(10)11/h1-3,7-8,13H,12H2. The SMILES string of the molecule is NC(c1ccc(O)cc1F)C(F)F. The van der Waals surface area contributed by atoms with Gasteiger partial charge in [0.05, 0.1) is 6.04 Å². The molecule has 1 rings (SSSR count). The van der Waals surface area contributed by atoms with Gasteiger partial charge in [0.15, 0.2) is 0 Å². The van der Waals surface area contributed by atoms with Crippen molar-refractivity contribution >= 4 is 0 Å². The van der Waals surface area contributed by atoms with Crippen molar-refractivity contribution in [3.8, 4) is 5.75 Å². The first-order valence-electron chi connectivity index (χ1n) is 3.54. The van der Waals surface area contributed by atoms with Gasteiger partial charge in [-0.15, -0.1) is 0 Å². The Kier molecular flexibility index (Phi) is 2.77. The Morgan fingerprint density at radius 1 is 1.31 bits per heavy atom. The minimum Gasteiger partial charge on any atom is -0.508 e. The molecule has 0 aromatic heterocycles. The summed E-state index contributed by atoms with van der Waals surface area (Å²) in [6.45, 7) is 0. The van der Waals surface area contributed by atoms with Crippen molar-refractivity contribution in [1.82, 2.24) is 0 Å². The normalized spacial score (nSPS) is 13.3. The van der Waals surface area contributed by atoms with Crippen LogP contribution in [-0.4, -0.2) is 11.5 Å². The third kappa shape index (κ3) is 2.12. The van der Waals surface area contributed by atoms with E-state index in [2.05, 4.69) is 0 Å². The second kappa shape index (κ2) is 3.66. The smallest absolute Gasteiger partial charge is 0.257 e. The van der Waals surface area contributed by atoms with E-state index in [1.807, 2.05) is 0 Å². The number of alkyl halides is 2. The molecule has 0 radical (unpaired) electrons. The molecule has 3 N–H and O–H groups in total. The molecule has 0 spiro atoms. The van der Waals surface area contributed by atoms with Gasteiger partial charge in [-0.2, -0.15) is 0 Å². The highest BCUT2D eigenvalue weighted by Crippen LogP contribution is 2.23. The summed E-state index contributed by atoms with van der Waals surface area (Å²) in [7, 11) is 0. The van der Waals surface area contributed by atoms with Crippen LogP contribution in [0.1, 0.15) is 11.6 Å². The first-order chi connectivity index (χ1) is 6.02. The summed E-state index contributed by atoms with van der Waals surface area (Å²) < 4.78 is 37.0. The van der Waals surface area contributed by atoms with Crippen LogP contribution >= 0.6 is 0 Å². The Labute approximate surface area is 72.8 Å². The van der Waals surface area contributed by atoms with Gasteiger partial charge in [-0.05, 0) is 6.07 Å². The van der Waals surface area contributed by atoms with Crippen molar-refractivity contribution in [2.24, 2.45) is 5.73 Å². The molecule has 5 heteroatoms. The predicted octanol–water partition coefficient (Wildman–Crippen LogP) is 1.80. The van der Waals surface area contributed by atoms with Gasteiger partial charge in [-0.25, -0.2) is 13.2 Å². The first kappa shape index (κ1) is 9.85. The number of phenols is 1. The summed E-state index contributed by atoms with van der Waals surface area (Å²) in [4.78, 5) is 0. The lowest BCUT2D eigenvalue weighted by atomic mass is 10.1. The van der Waals surface area contributed by atoms with Gasteiger partial charge < -0.3 is 10.8 Å². The second-order valence-electron chi connectivity index (χ2n) is 2.57. The van der Waals surface area contributed by atoms with Crippen molar-refractivity contribution < 1.29 is 18.3 Å². The molecule has 0 aliphatic carbocycles. The van der Waals surface area contributed by atoms with E-state index in [0.717, 1.165) is 18.2 Å². The highest BCUT2D eigenvalue weighted by Gasteiger charge is 2.20. The van der Waals surface area contributed by atoms with E-state index in [1.54, 1.807) is 0 Å². The Morgan fingerprint density at radius 3 is 2.38 bits per heavy atom. The minimum atomic E-state index is -2.82. The molecule has 0 aliphatic rings. The number of phenolic OH excluding ortho intramolecular Hbond substituents is 1. The molecular formula is C8H8F3NO. The van der Waals surface area contributed by atoms with Gasteiger partial charge in [0.2, 0.25) is 0 Å². The molecule has 0 saturated carbocycles. The summed E-state index contributed by atoms with van der Waals surface area (Å²) in [5.74, 6) is -1.24. The zero-order chi connectivity index (χ0) is 10.0. The van der Waals surface area contributed by atoms with Crippen LogP contribution in [0.15, 0.2) is 18.2 Å². The third-order valence-corrected chi connectivity index (χ3v) is 1.61. The Hall–Kier alpha value is -1.23. The van der Waals surface area contributed by atoms with Crippen molar-refractivity contribution in [2.75, 3.05) is 0 Å². The largest absolute Gasteiger partial charge is 0.508 e. The van der Waals surface area contributed by atoms with Gasteiger partial charge in [-0.3, -0.25) is 0 Å². The molecule has 72 valence electrons. The number of nitrogens with two attached hydrogens (primary N) is 1. The lowest BCUT2D eigenvalue weighted by Gasteiger charge is -2.11. The summed E-state index contributed by atoms with van der Waals surface area (Å²) >= 11 is 0. The van der Waals surface area contributed by atoms with Gasteiger partial charge >= 0.3 is 0 Å². The van der Waals surface area contributed by atoms with Crippen molar-refractivity contribution in [2.45, 2.75) is 12.5 Å². The van der Waals surface area contributed by atoms with Crippen LogP contribution in [0.3, 0.4) is 0 Å². The average molecular weight is 191 g/mol. The number of hydrogen-bond acceptors (Lipinski definition) is 2. The summed E-state index contributed by atoms with van der Waals surface area (Å²) in [6.07, 6.45) is -2.82. The Bertz CT molecular complexity index is 303. The van der Waals surface area contributed by atoms with Crippen LogP contribution < -0.4 is 5.73 Å². The zero-order valence-electron chi connectivity index (χ0n) is 6.55. The highest BCUT2D eigenvalue weighted by molar-refractivity contribution is 5.29. The number of benzene rings is 1. The fourth-order valence-electron chi connectivity index (χ4n) is 0.922. The minimum absolute atomic E-state index is 0.298. The predicted molar refractivity (Wildman–Crippen MR) is 41.0 cm³/mol. The topological polar surface area (TPSA) is 46.2 Å². The molecule has 2 nitrogen and oxygen atoms in total. The van der Waals surface area contributed by atoms with E-state index in [4.69, 9.17) is 10.8 Å². The van der Waals surface area contributed by atoms with Gasteiger partial charge in [-0.1, -0.05) is 6.07 Å². The molecule has 1 atom stereocenters. The molecule has 1 unspecified atom stereocenters. The maximum Gasteiger partial charge on any atom is 0.257 e. The third-order valence-electron chi connectivity index (χ3n) is 1.61. The summed E-state index contributed by atoms with van der Waals surface area (Å²) in [5.41, 5.74) is 4.72. The van der Waals surface area contributed by atoms with E-state index in [0.29, 0.717) is 0 Å². The number of aromatic hydroxyl groups is 1. The molecule has 1 aromatic carbocycles. The zero-order valence-corrected chi connectivity index (χ0v) is 6.55. The van der Waals surface area contributed by atoms with Crippen LogP contribution in [-0.2, 0) is 0 Å². The number of rotatable bonds is 2. The van der Waals surface area contributed by atoms with Crippen LogP contribution in [0.25, 0.3) is 0 Å². The second-order valence-corrected chi connectivity index (χ2v) is 2.57. The maximum atomic E-state index is 12.9. The summed E-state index contributed by atoms with van der Waals surface area (Å²) in [6, 6.07) is 1.25. The van der Waals surface area contributed by atoms with Crippen LogP contribution in [0, 0.1) is 5.82 Å². The van der Waals surface area contributed by atoms with E-state index in [9.17, 15) is 13.2 Å². The van der Waals surface area contributed by atoms with Crippen LogP contribution in [0.5, 0.6) is 5.75 Å².